The van der Waals surface area contributed by atoms with Gasteiger partial charge in [0.15, 0.2) is 0 Å². The number of benzene rings is 1. The van der Waals surface area contributed by atoms with Gasteiger partial charge < -0.3 is 10.4 Å². The van der Waals surface area contributed by atoms with Gasteiger partial charge in [-0.25, -0.2) is 0 Å². The van der Waals surface area contributed by atoms with Crippen LogP contribution in [-0.4, -0.2) is 34.0 Å². The standard InChI is InChI=1S/C13H16B2ClNO/c1-17-12(9-5-2-3-6-10(9)16)7-4-8-13(14,15)11(12)18/h2-3,5-6,11,17-18H,4,7-8H2,1H3. The summed E-state index contributed by atoms with van der Waals surface area (Å²) in [5.74, 6) is 0. The second kappa shape index (κ2) is 4.92. The first kappa shape index (κ1) is 14.0. The molecule has 0 aliphatic heterocycles. The van der Waals surface area contributed by atoms with E-state index in [-0.39, 0.29) is 0 Å². The average Bonchev–Trinajstić information content (AvgIpc) is 2.34. The fourth-order valence-corrected chi connectivity index (χ4v) is 3.21. The van der Waals surface area contributed by atoms with Crippen LogP contribution in [0.25, 0.3) is 0 Å². The zero-order chi connectivity index (χ0) is 13.4. The summed E-state index contributed by atoms with van der Waals surface area (Å²) in [7, 11) is 13.8. The summed E-state index contributed by atoms with van der Waals surface area (Å²) in [4.78, 5) is 0. The Balaban J connectivity index is 2.51. The third kappa shape index (κ3) is 2.11. The quantitative estimate of drug-likeness (QED) is 0.793. The maximum absolute atomic E-state index is 10.6. The van der Waals surface area contributed by atoms with Gasteiger partial charge in [0.1, 0.15) is 0 Å². The molecule has 0 spiro atoms. The van der Waals surface area contributed by atoms with Crippen LogP contribution in [0.5, 0.6) is 0 Å². The van der Waals surface area contributed by atoms with E-state index in [1.165, 1.54) is 0 Å². The number of rotatable bonds is 2. The third-order valence-corrected chi connectivity index (χ3v) is 4.29. The second-order valence-electron chi connectivity index (χ2n) is 5.07. The SMILES string of the molecule is [B]C1([B])CCCC(NC)(c2ccccc2Cl)C1O. The van der Waals surface area contributed by atoms with E-state index in [1.807, 2.05) is 24.3 Å². The normalized spacial score (nSPS) is 31.2. The van der Waals surface area contributed by atoms with Gasteiger partial charge in [0.25, 0.3) is 0 Å². The Kier molecular flexibility index (Phi) is 3.82. The molecule has 2 N–H and O–H groups in total. The summed E-state index contributed by atoms with van der Waals surface area (Å²) < 4.78 is 0. The van der Waals surface area contributed by atoms with Crippen molar-refractivity contribution in [3.63, 3.8) is 0 Å². The van der Waals surface area contributed by atoms with E-state index in [2.05, 4.69) is 5.32 Å². The Bertz CT molecular complexity index is 441. The van der Waals surface area contributed by atoms with Crippen molar-refractivity contribution in [2.75, 3.05) is 7.05 Å². The summed E-state index contributed by atoms with van der Waals surface area (Å²) in [6.07, 6.45) is 1.31. The van der Waals surface area contributed by atoms with Crippen molar-refractivity contribution < 1.29 is 5.11 Å². The summed E-state index contributed by atoms with van der Waals surface area (Å²) in [5.41, 5.74) is 0.168. The molecule has 1 saturated carbocycles. The first-order valence-electron chi connectivity index (χ1n) is 6.14. The van der Waals surface area contributed by atoms with Crippen LogP contribution in [0.4, 0.5) is 0 Å². The van der Waals surface area contributed by atoms with Crippen molar-refractivity contribution >= 4 is 27.3 Å². The third-order valence-electron chi connectivity index (χ3n) is 3.96. The zero-order valence-electron chi connectivity index (χ0n) is 10.5. The molecule has 0 heterocycles. The van der Waals surface area contributed by atoms with Gasteiger partial charge in [-0.15, -0.1) is 0 Å². The molecule has 0 saturated heterocycles. The number of hydrogen-bond acceptors (Lipinski definition) is 2. The van der Waals surface area contributed by atoms with Crippen molar-refractivity contribution in [2.24, 2.45) is 0 Å². The Labute approximate surface area is 116 Å². The summed E-state index contributed by atoms with van der Waals surface area (Å²) in [5, 5.41) is 13.3. The lowest BCUT2D eigenvalue weighted by atomic mass is 9.43. The predicted octanol–water partition coefficient (Wildman–Crippen LogP) is 1.75. The summed E-state index contributed by atoms with van der Waals surface area (Å²) in [6, 6.07) is 7.48. The highest BCUT2D eigenvalue weighted by atomic mass is 35.5. The van der Waals surface area contributed by atoms with Crippen LogP contribution in [-0.2, 0) is 5.54 Å². The molecule has 0 aromatic heterocycles. The first-order chi connectivity index (χ1) is 8.44. The highest BCUT2D eigenvalue weighted by Gasteiger charge is 2.48. The van der Waals surface area contributed by atoms with Gasteiger partial charge in [-0.05, 0) is 25.1 Å². The molecule has 2 nitrogen and oxygen atoms in total. The molecule has 5 heteroatoms. The minimum Gasteiger partial charge on any atom is -0.392 e. The fourth-order valence-electron chi connectivity index (χ4n) is 2.91. The zero-order valence-corrected chi connectivity index (χ0v) is 11.2. The van der Waals surface area contributed by atoms with Crippen molar-refractivity contribution in [2.45, 2.75) is 36.1 Å². The molecule has 92 valence electrons. The Morgan fingerprint density at radius 1 is 1.33 bits per heavy atom. The van der Waals surface area contributed by atoms with Crippen molar-refractivity contribution in [1.82, 2.24) is 5.32 Å². The number of hydrogen-bond donors (Lipinski definition) is 2. The molecule has 2 unspecified atom stereocenters. The molecular formula is C13H16B2ClNO. The highest BCUT2D eigenvalue weighted by molar-refractivity contribution is 6.40. The van der Waals surface area contributed by atoms with E-state index >= 15 is 0 Å². The smallest absolute Gasteiger partial charge is 0.0700 e. The number of halogens is 1. The molecule has 18 heavy (non-hydrogen) atoms. The monoisotopic (exact) mass is 259 g/mol. The molecule has 1 aliphatic rings. The predicted molar refractivity (Wildman–Crippen MR) is 76.2 cm³/mol. The molecule has 2 rings (SSSR count). The van der Waals surface area contributed by atoms with Crippen LogP contribution >= 0.6 is 11.6 Å². The molecule has 1 fully saturated rings. The van der Waals surface area contributed by atoms with Crippen LogP contribution in [0.2, 0.25) is 10.2 Å². The lowest BCUT2D eigenvalue weighted by Crippen LogP contribution is -2.58. The van der Waals surface area contributed by atoms with Gasteiger partial charge in [0.05, 0.1) is 27.3 Å². The van der Waals surface area contributed by atoms with Crippen molar-refractivity contribution in [3.8, 4) is 0 Å². The maximum atomic E-state index is 10.6. The Morgan fingerprint density at radius 3 is 2.61 bits per heavy atom. The molecule has 0 amide bonds. The largest absolute Gasteiger partial charge is 0.392 e. The van der Waals surface area contributed by atoms with Gasteiger partial charge in [-0.2, -0.15) is 0 Å². The average molecular weight is 259 g/mol. The number of likely N-dealkylation sites (N-methyl/N-ethyl adjacent to an activating group) is 1. The van der Waals surface area contributed by atoms with E-state index < -0.39 is 16.9 Å². The van der Waals surface area contributed by atoms with Crippen LogP contribution in [0.1, 0.15) is 24.8 Å². The molecule has 4 radical (unpaired) electrons. The van der Waals surface area contributed by atoms with Crippen molar-refractivity contribution in [3.05, 3.63) is 34.9 Å². The van der Waals surface area contributed by atoms with Gasteiger partial charge in [0.2, 0.25) is 0 Å². The van der Waals surface area contributed by atoms with Gasteiger partial charge in [0, 0.05) is 5.02 Å². The minimum absolute atomic E-state index is 0.599. The maximum Gasteiger partial charge on any atom is 0.0700 e. The van der Waals surface area contributed by atoms with E-state index in [9.17, 15) is 5.11 Å². The van der Waals surface area contributed by atoms with Crippen LogP contribution in [0, 0.1) is 0 Å². The van der Waals surface area contributed by atoms with Crippen LogP contribution < -0.4 is 5.32 Å². The van der Waals surface area contributed by atoms with Crippen molar-refractivity contribution in [1.29, 1.82) is 0 Å². The van der Waals surface area contributed by atoms with E-state index in [4.69, 9.17) is 27.3 Å². The Hall–Kier alpha value is -0.440. The number of aliphatic hydroxyl groups is 1. The fraction of sp³-hybridized carbons (Fsp3) is 0.538. The molecule has 1 aromatic carbocycles. The second-order valence-corrected chi connectivity index (χ2v) is 5.48. The number of nitrogens with one attached hydrogen (secondary N) is 1. The lowest BCUT2D eigenvalue weighted by molar-refractivity contribution is 0.0140. The molecule has 2 atom stereocenters. The van der Waals surface area contributed by atoms with E-state index in [0.717, 1.165) is 18.4 Å². The summed E-state index contributed by atoms with van der Waals surface area (Å²) in [6.45, 7) is 0. The first-order valence-corrected chi connectivity index (χ1v) is 6.51. The van der Waals surface area contributed by atoms with Crippen LogP contribution in [0.3, 0.4) is 0 Å². The topological polar surface area (TPSA) is 32.3 Å². The molecule has 0 bridgehead atoms. The molecular weight excluding hydrogens is 243 g/mol. The molecule has 1 aromatic rings. The van der Waals surface area contributed by atoms with E-state index in [1.54, 1.807) is 7.05 Å². The summed E-state index contributed by atoms with van der Waals surface area (Å²) >= 11 is 6.25. The minimum atomic E-state index is -1.10. The molecule has 1 aliphatic carbocycles. The Morgan fingerprint density at radius 2 is 2.00 bits per heavy atom. The van der Waals surface area contributed by atoms with Gasteiger partial charge in [-0.3, -0.25) is 0 Å². The number of aliphatic hydroxyl groups excluding tert-OH is 1. The lowest BCUT2D eigenvalue weighted by Gasteiger charge is -2.51. The van der Waals surface area contributed by atoms with Crippen LogP contribution in [0.15, 0.2) is 24.3 Å². The van der Waals surface area contributed by atoms with Gasteiger partial charge >= 0.3 is 0 Å². The van der Waals surface area contributed by atoms with E-state index in [0.29, 0.717) is 11.4 Å². The highest BCUT2D eigenvalue weighted by Crippen LogP contribution is 2.48. The van der Waals surface area contributed by atoms with Gasteiger partial charge in [-0.1, -0.05) is 47.9 Å².